The summed E-state index contributed by atoms with van der Waals surface area (Å²) in [6.45, 7) is 0. The summed E-state index contributed by atoms with van der Waals surface area (Å²) in [6.07, 6.45) is 0. The lowest BCUT2D eigenvalue weighted by Crippen LogP contribution is -1.96. The van der Waals surface area contributed by atoms with Crippen molar-refractivity contribution in [3.8, 4) is 56.2 Å². The van der Waals surface area contributed by atoms with Crippen molar-refractivity contribution < 1.29 is 4.42 Å². The largest absolute Gasteiger partial charge is 0.455 e. The summed E-state index contributed by atoms with van der Waals surface area (Å²) < 4.78 is 6.99. The fourth-order valence-electron chi connectivity index (χ4n) is 9.08. The molecule has 59 heavy (non-hydrogen) atoms. The van der Waals surface area contributed by atoms with E-state index in [-0.39, 0.29) is 0 Å². The SMILES string of the molecule is c1ccc(-c2cc(-c3cccc(-c4cccc5c4oc4c6ccccc6c(-c6ccc7c8ccccc8c8ccccc8c7c6)cc54)c3)nc(-c3ccccc3)n2)cc1. The first-order chi connectivity index (χ1) is 29.2. The van der Waals surface area contributed by atoms with Crippen LogP contribution in [0, 0.1) is 0 Å². The van der Waals surface area contributed by atoms with Crippen LogP contribution in [0.25, 0.3) is 121 Å². The monoisotopic (exact) mass is 750 g/mol. The molecule has 10 aromatic carbocycles. The van der Waals surface area contributed by atoms with Crippen LogP contribution in [0.5, 0.6) is 0 Å². The predicted molar refractivity (Wildman–Crippen MR) is 247 cm³/mol. The van der Waals surface area contributed by atoms with Gasteiger partial charge in [-0.2, -0.15) is 0 Å². The Kier molecular flexibility index (Phi) is 7.54. The Morgan fingerprint density at radius 3 is 1.46 bits per heavy atom. The highest BCUT2D eigenvalue weighted by molar-refractivity contribution is 6.26. The van der Waals surface area contributed by atoms with E-state index in [0.717, 1.165) is 66.5 Å². The molecule has 0 saturated heterocycles. The van der Waals surface area contributed by atoms with Crippen LogP contribution < -0.4 is 0 Å². The number of hydrogen-bond acceptors (Lipinski definition) is 3. The molecule has 0 unspecified atom stereocenters. The highest BCUT2D eigenvalue weighted by Gasteiger charge is 2.19. The average Bonchev–Trinajstić information content (AvgIpc) is 3.71. The maximum Gasteiger partial charge on any atom is 0.160 e. The number of benzene rings is 10. The molecular weight excluding hydrogens is 717 g/mol. The molecule has 0 aliphatic carbocycles. The molecule has 2 aromatic heterocycles. The second-order valence-electron chi connectivity index (χ2n) is 15.3. The summed E-state index contributed by atoms with van der Waals surface area (Å²) in [5.74, 6) is 0.697. The lowest BCUT2D eigenvalue weighted by molar-refractivity contribution is 0.674. The third-order valence-electron chi connectivity index (χ3n) is 11.9. The molecule has 3 heteroatoms. The zero-order chi connectivity index (χ0) is 38.9. The van der Waals surface area contributed by atoms with Crippen LogP contribution in [0.4, 0.5) is 0 Å². The molecule has 0 N–H and O–H groups in total. The van der Waals surface area contributed by atoms with Crippen molar-refractivity contribution in [1.29, 1.82) is 0 Å². The van der Waals surface area contributed by atoms with Crippen molar-refractivity contribution >= 4 is 65.0 Å². The fourth-order valence-corrected chi connectivity index (χ4v) is 9.08. The molecule has 2 heterocycles. The molecule has 0 bridgehead atoms. The molecule has 0 radical (unpaired) electrons. The zero-order valence-electron chi connectivity index (χ0n) is 31.9. The van der Waals surface area contributed by atoms with Crippen molar-refractivity contribution in [2.24, 2.45) is 0 Å². The normalized spacial score (nSPS) is 11.7. The van der Waals surface area contributed by atoms with Crippen LogP contribution in [0.15, 0.2) is 211 Å². The third-order valence-corrected chi connectivity index (χ3v) is 11.9. The summed E-state index contributed by atoms with van der Waals surface area (Å²) in [7, 11) is 0. The Labute approximate surface area is 340 Å². The van der Waals surface area contributed by atoms with Crippen molar-refractivity contribution in [2.45, 2.75) is 0 Å². The Morgan fingerprint density at radius 2 is 0.746 bits per heavy atom. The van der Waals surface area contributed by atoms with Gasteiger partial charge in [-0.3, -0.25) is 0 Å². The molecule has 0 fully saturated rings. The van der Waals surface area contributed by atoms with Crippen molar-refractivity contribution in [1.82, 2.24) is 9.97 Å². The minimum atomic E-state index is 0.697. The minimum Gasteiger partial charge on any atom is -0.455 e. The summed E-state index contributed by atoms with van der Waals surface area (Å²) in [4.78, 5) is 10.1. The Hall–Kier alpha value is -7.88. The maximum atomic E-state index is 6.99. The van der Waals surface area contributed by atoms with Crippen molar-refractivity contribution in [2.75, 3.05) is 0 Å². The second-order valence-corrected chi connectivity index (χ2v) is 15.3. The highest BCUT2D eigenvalue weighted by atomic mass is 16.3. The van der Waals surface area contributed by atoms with E-state index in [1.165, 1.54) is 48.8 Å². The zero-order valence-corrected chi connectivity index (χ0v) is 31.9. The minimum absolute atomic E-state index is 0.697. The lowest BCUT2D eigenvalue weighted by Gasteiger charge is -2.13. The number of para-hydroxylation sites is 1. The molecule has 12 aromatic rings. The topological polar surface area (TPSA) is 38.9 Å². The van der Waals surface area contributed by atoms with Gasteiger partial charge in [0.1, 0.15) is 11.2 Å². The summed E-state index contributed by atoms with van der Waals surface area (Å²) in [5, 5.41) is 12.1. The van der Waals surface area contributed by atoms with E-state index in [9.17, 15) is 0 Å². The summed E-state index contributed by atoms with van der Waals surface area (Å²) >= 11 is 0. The van der Waals surface area contributed by atoms with Gasteiger partial charge in [0, 0.05) is 38.4 Å². The van der Waals surface area contributed by atoms with Crippen LogP contribution >= 0.6 is 0 Å². The van der Waals surface area contributed by atoms with E-state index >= 15 is 0 Å². The van der Waals surface area contributed by atoms with Gasteiger partial charge in [-0.1, -0.05) is 182 Å². The van der Waals surface area contributed by atoms with E-state index in [4.69, 9.17) is 14.4 Å². The van der Waals surface area contributed by atoms with Gasteiger partial charge >= 0.3 is 0 Å². The predicted octanol–water partition coefficient (Wildman–Crippen LogP) is 15.3. The number of furan rings is 1. The van der Waals surface area contributed by atoms with E-state index in [1.54, 1.807) is 0 Å². The first-order valence-corrected chi connectivity index (χ1v) is 20.1. The van der Waals surface area contributed by atoms with Gasteiger partial charge in [0.05, 0.1) is 11.4 Å². The van der Waals surface area contributed by atoms with E-state index in [1.807, 2.05) is 36.4 Å². The van der Waals surface area contributed by atoms with Gasteiger partial charge in [0.25, 0.3) is 0 Å². The molecule has 0 atom stereocenters. The van der Waals surface area contributed by atoms with Crippen LogP contribution in [-0.4, -0.2) is 9.97 Å². The third kappa shape index (κ3) is 5.44. The van der Waals surface area contributed by atoms with Crippen molar-refractivity contribution in [3.63, 3.8) is 0 Å². The first kappa shape index (κ1) is 33.3. The molecule has 0 aliphatic rings. The Morgan fingerprint density at radius 1 is 0.254 bits per heavy atom. The van der Waals surface area contributed by atoms with Gasteiger partial charge in [-0.15, -0.1) is 0 Å². The van der Waals surface area contributed by atoms with E-state index in [0.29, 0.717) is 5.82 Å². The van der Waals surface area contributed by atoms with Crippen LogP contribution in [0.2, 0.25) is 0 Å². The summed E-state index contributed by atoms with van der Waals surface area (Å²) in [6, 6.07) is 73.2. The number of aromatic nitrogens is 2. The van der Waals surface area contributed by atoms with E-state index in [2.05, 4.69) is 170 Å². The molecular formula is C56H34N2O. The molecule has 12 rings (SSSR count). The van der Waals surface area contributed by atoms with Crippen LogP contribution in [-0.2, 0) is 0 Å². The van der Waals surface area contributed by atoms with Crippen LogP contribution in [0.1, 0.15) is 0 Å². The molecule has 0 spiro atoms. The maximum absolute atomic E-state index is 6.99. The van der Waals surface area contributed by atoms with Crippen LogP contribution in [0.3, 0.4) is 0 Å². The number of rotatable bonds is 5. The quantitative estimate of drug-likeness (QED) is 0.164. The van der Waals surface area contributed by atoms with Gasteiger partial charge in [-0.25, -0.2) is 9.97 Å². The smallest absolute Gasteiger partial charge is 0.160 e. The summed E-state index contributed by atoms with van der Waals surface area (Å²) in [5.41, 5.74) is 11.0. The van der Waals surface area contributed by atoms with Gasteiger partial charge in [-0.05, 0) is 78.7 Å². The van der Waals surface area contributed by atoms with Gasteiger partial charge < -0.3 is 4.42 Å². The number of nitrogens with zero attached hydrogens (tertiary/aromatic N) is 2. The highest BCUT2D eigenvalue weighted by Crippen LogP contribution is 2.44. The average molecular weight is 751 g/mol. The lowest BCUT2D eigenvalue weighted by atomic mass is 9.90. The Bertz CT molecular complexity index is 3510. The first-order valence-electron chi connectivity index (χ1n) is 20.1. The van der Waals surface area contributed by atoms with Crippen molar-refractivity contribution in [3.05, 3.63) is 206 Å². The van der Waals surface area contributed by atoms with Gasteiger partial charge in [0.15, 0.2) is 5.82 Å². The standard InChI is InChI=1S/C56H34N2O/c1-3-15-35(16-4-1)52-34-53(58-56(57-52)36-17-5-2-6-18-36)39-20-13-19-37(31-39)40-27-14-28-48-51-33-49(45-25-11-12-26-47(45)55(51)59-54(40)48)38-29-30-46-43-23-8-7-21-41(43)42-22-9-10-24-44(42)50(46)32-38/h1-34H. The Balaban J connectivity index is 1.03. The molecule has 0 aliphatic heterocycles. The van der Waals surface area contributed by atoms with E-state index < -0.39 is 0 Å². The molecule has 0 amide bonds. The second kappa shape index (κ2) is 13.4. The fraction of sp³-hybridized carbons (Fsp3) is 0. The van der Waals surface area contributed by atoms with Gasteiger partial charge in [0.2, 0.25) is 0 Å². The molecule has 3 nitrogen and oxygen atoms in total. The number of hydrogen-bond donors (Lipinski definition) is 0. The number of fused-ring (bicyclic) bond motifs is 11. The molecule has 0 saturated carbocycles. The molecule has 274 valence electrons.